The molecule has 14 heavy (non-hydrogen) atoms. The monoisotopic (exact) mass is 255 g/mol. The Labute approximate surface area is 92.8 Å². The zero-order valence-corrected chi connectivity index (χ0v) is 9.88. The highest BCUT2D eigenvalue weighted by molar-refractivity contribution is 9.10. The van der Waals surface area contributed by atoms with Crippen molar-refractivity contribution in [3.8, 4) is 5.88 Å². The van der Waals surface area contributed by atoms with Crippen molar-refractivity contribution in [2.75, 3.05) is 6.61 Å². The number of pyridine rings is 1. The molecule has 0 aliphatic heterocycles. The summed E-state index contributed by atoms with van der Waals surface area (Å²) >= 11 is 3.34. The molecule has 1 saturated carbocycles. The lowest BCUT2D eigenvalue weighted by Gasteiger charge is -2.37. The highest BCUT2D eigenvalue weighted by atomic mass is 79.9. The van der Waals surface area contributed by atoms with Gasteiger partial charge in [0.1, 0.15) is 0 Å². The normalized spacial score (nSPS) is 18.7. The highest BCUT2D eigenvalue weighted by Crippen LogP contribution is 2.40. The number of ether oxygens (including phenoxy) is 1. The molecule has 2 rings (SSSR count). The lowest BCUT2D eigenvalue weighted by molar-refractivity contribution is 0.0749. The summed E-state index contributed by atoms with van der Waals surface area (Å²) in [5, 5.41) is 0. The van der Waals surface area contributed by atoms with E-state index in [0.717, 1.165) is 17.0 Å². The van der Waals surface area contributed by atoms with Gasteiger partial charge in [-0.25, -0.2) is 4.98 Å². The van der Waals surface area contributed by atoms with E-state index in [4.69, 9.17) is 4.74 Å². The number of hydrogen-bond acceptors (Lipinski definition) is 2. The van der Waals surface area contributed by atoms with Crippen molar-refractivity contribution in [3.63, 3.8) is 0 Å². The van der Waals surface area contributed by atoms with E-state index in [-0.39, 0.29) is 0 Å². The van der Waals surface area contributed by atoms with Crippen molar-refractivity contribution in [2.24, 2.45) is 5.41 Å². The minimum absolute atomic E-state index is 0.398. The minimum Gasteiger partial charge on any atom is -0.477 e. The summed E-state index contributed by atoms with van der Waals surface area (Å²) in [6, 6.07) is 3.84. The van der Waals surface area contributed by atoms with Crippen LogP contribution in [0.4, 0.5) is 0 Å². The fourth-order valence-electron chi connectivity index (χ4n) is 1.62. The molecule has 1 aliphatic carbocycles. The summed E-state index contributed by atoms with van der Waals surface area (Å²) in [4.78, 5) is 4.17. The molecule has 1 aromatic heterocycles. The van der Waals surface area contributed by atoms with Gasteiger partial charge >= 0.3 is 0 Å². The maximum atomic E-state index is 5.64. The van der Waals surface area contributed by atoms with E-state index in [1.54, 1.807) is 6.20 Å². The molecular weight excluding hydrogens is 242 g/mol. The molecular formula is C11H14BrNO. The average molecular weight is 256 g/mol. The zero-order valence-electron chi connectivity index (χ0n) is 8.29. The maximum Gasteiger partial charge on any atom is 0.213 e. The summed E-state index contributed by atoms with van der Waals surface area (Å²) in [7, 11) is 0. The van der Waals surface area contributed by atoms with Gasteiger partial charge in [-0.1, -0.05) is 13.3 Å². The summed E-state index contributed by atoms with van der Waals surface area (Å²) < 4.78 is 6.62. The van der Waals surface area contributed by atoms with Gasteiger partial charge in [0.05, 0.1) is 6.61 Å². The first kappa shape index (κ1) is 9.97. The molecule has 1 heterocycles. The quantitative estimate of drug-likeness (QED) is 0.826. The third-order valence-electron chi connectivity index (χ3n) is 2.83. The molecule has 0 unspecified atom stereocenters. The third-order valence-corrected chi connectivity index (χ3v) is 3.30. The summed E-state index contributed by atoms with van der Waals surface area (Å²) in [6.45, 7) is 3.07. The van der Waals surface area contributed by atoms with Crippen molar-refractivity contribution in [1.29, 1.82) is 0 Å². The van der Waals surface area contributed by atoms with Crippen molar-refractivity contribution in [3.05, 3.63) is 22.8 Å². The van der Waals surface area contributed by atoms with Crippen molar-refractivity contribution >= 4 is 15.9 Å². The molecule has 0 bridgehead atoms. The Kier molecular flexibility index (Phi) is 2.77. The van der Waals surface area contributed by atoms with Crippen LogP contribution in [0, 0.1) is 5.41 Å². The fraction of sp³-hybridized carbons (Fsp3) is 0.545. The maximum absolute atomic E-state index is 5.64. The largest absolute Gasteiger partial charge is 0.477 e. The van der Waals surface area contributed by atoms with Crippen LogP contribution in [0.5, 0.6) is 5.88 Å². The molecule has 2 nitrogen and oxygen atoms in total. The molecule has 1 aromatic rings. The molecule has 1 aliphatic rings. The SMILES string of the molecule is CC1(COc2ccc(Br)cn2)CCC1. The molecule has 0 N–H and O–H groups in total. The van der Waals surface area contributed by atoms with Gasteiger partial charge in [-0.3, -0.25) is 0 Å². The highest BCUT2D eigenvalue weighted by Gasteiger charge is 2.32. The van der Waals surface area contributed by atoms with Crippen LogP contribution in [-0.2, 0) is 0 Å². The van der Waals surface area contributed by atoms with E-state index >= 15 is 0 Å². The Bertz CT molecular complexity index is 306. The second-order valence-corrected chi connectivity index (χ2v) is 5.18. The Morgan fingerprint density at radius 2 is 2.29 bits per heavy atom. The molecule has 0 radical (unpaired) electrons. The van der Waals surface area contributed by atoms with Crippen LogP contribution < -0.4 is 4.74 Å². The molecule has 0 saturated heterocycles. The van der Waals surface area contributed by atoms with E-state index < -0.39 is 0 Å². The second-order valence-electron chi connectivity index (χ2n) is 4.27. The lowest BCUT2D eigenvalue weighted by atomic mass is 9.71. The van der Waals surface area contributed by atoms with Gasteiger partial charge in [-0.15, -0.1) is 0 Å². The fourth-order valence-corrected chi connectivity index (χ4v) is 1.86. The second kappa shape index (κ2) is 3.89. The third kappa shape index (κ3) is 2.27. The number of nitrogens with zero attached hydrogens (tertiary/aromatic N) is 1. The molecule has 0 aromatic carbocycles. The van der Waals surface area contributed by atoms with Gasteiger partial charge in [-0.2, -0.15) is 0 Å². The van der Waals surface area contributed by atoms with Crippen LogP contribution in [0.15, 0.2) is 22.8 Å². The molecule has 0 atom stereocenters. The van der Waals surface area contributed by atoms with E-state index in [9.17, 15) is 0 Å². The summed E-state index contributed by atoms with van der Waals surface area (Å²) in [5.74, 6) is 0.723. The zero-order chi connectivity index (χ0) is 10.0. The van der Waals surface area contributed by atoms with Crippen LogP contribution in [-0.4, -0.2) is 11.6 Å². The van der Waals surface area contributed by atoms with Crippen LogP contribution in [0.2, 0.25) is 0 Å². The van der Waals surface area contributed by atoms with Crippen molar-refractivity contribution in [2.45, 2.75) is 26.2 Å². The number of rotatable bonds is 3. The van der Waals surface area contributed by atoms with E-state index in [1.165, 1.54) is 19.3 Å². The van der Waals surface area contributed by atoms with E-state index in [2.05, 4.69) is 27.8 Å². The number of halogens is 1. The van der Waals surface area contributed by atoms with Crippen molar-refractivity contribution in [1.82, 2.24) is 4.98 Å². The first-order valence-corrected chi connectivity index (χ1v) is 5.72. The molecule has 0 spiro atoms. The van der Waals surface area contributed by atoms with Crippen molar-refractivity contribution < 1.29 is 4.74 Å². The van der Waals surface area contributed by atoms with Crippen LogP contribution >= 0.6 is 15.9 Å². The van der Waals surface area contributed by atoms with Crippen LogP contribution in [0.25, 0.3) is 0 Å². The Balaban J connectivity index is 1.88. The van der Waals surface area contributed by atoms with Gasteiger partial charge in [0.15, 0.2) is 0 Å². The van der Waals surface area contributed by atoms with Gasteiger partial charge in [0, 0.05) is 22.2 Å². The van der Waals surface area contributed by atoms with Gasteiger partial charge in [0.25, 0.3) is 0 Å². The van der Waals surface area contributed by atoms with E-state index in [1.807, 2.05) is 12.1 Å². The first-order valence-electron chi connectivity index (χ1n) is 4.92. The summed E-state index contributed by atoms with van der Waals surface area (Å²) in [5.41, 5.74) is 0.398. The smallest absolute Gasteiger partial charge is 0.213 e. The predicted molar refractivity (Wildman–Crippen MR) is 59.4 cm³/mol. The Morgan fingerprint density at radius 3 is 2.79 bits per heavy atom. The standard InChI is InChI=1S/C11H14BrNO/c1-11(5-2-6-11)8-14-10-4-3-9(12)7-13-10/h3-4,7H,2,5-6,8H2,1H3. The minimum atomic E-state index is 0.398. The Hall–Kier alpha value is -0.570. The predicted octanol–water partition coefficient (Wildman–Crippen LogP) is 3.41. The average Bonchev–Trinajstić information content (AvgIpc) is 2.14. The molecule has 0 amide bonds. The van der Waals surface area contributed by atoms with Gasteiger partial charge < -0.3 is 4.74 Å². The van der Waals surface area contributed by atoms with E-state index in [0.29, 0.717) is 5.41 Å². The van der Waals surface area contributed by atoms with Gasteiger partial charge in [-0.05, 0) is 34.8 Å². The topological polar surface area (TPSA) is 22.1 Å². The Morgan fingerprint density at radius 1 is 1.50 bits per heavy atom. The molecule has 1 fully saturated rings. The van der Waals surface area contributed by atoms with Crippen LogP contribution in [0.1, 0.15) is 26.2 Å². The number of hydrogen-bond donors (Lipinski definition) is 0. The molecule has 3 heteroatoms. The molecule has 76 valence electrons. The van der Waals surface area contributed by atoms with Gasteiger partial charge in [0.2, 0.25) is 5.88 Å². The number of aromatic nitrogens is 1. The summed E-state index contributed by atoms with van der Waals surface area (Å²) in [6.07, 6.45) is 5.67. The first-order chi connectivity index (χ1) is 6.68. The van der Waals surface area contributed by atoms with Crippen LogP contribution in [0.3, 0.4) is 0 Å². The lowest BCUT2D eigenvalue weighted by Crippen LogP contribution is -2.32.